The quantitative estimate of drug-likeness (QED) is 0.539. The molecule has 0 aliphatic carbocycles. The molecular weight excluding hydrogens is 330 g/mol. The van der Waals surface area contributed by atoms with Crippen LogP contribution in [0.15, 0.2) is 60.7 Å². The van der Waals surface area contributed by atoms with Crippen LogP contribution in [0.4, 0.5) is 5.69 Å². The predicted molar refractivity (Wildman–Crippen MR) is 97.3 cm³/mol. The second-order valence-corrected chi connectivity index (χ2v) is 6.13. The number of carbonyl (C=O) groups is 3. The summed E-state index contributed by atoms with van der Waals surface area (Å²) in [5.74, 6) is -1.73. The third-order valence-electron chi connectivity index (χ3n) is 4.55. The van der Waals surface area contributed by atoms with Crippen molar-refractivity contribution in [1.29, 1.82) is 0 Å². The van der Waals surface area contributed by atoms with Gasteiger partial charge < -0.3 is 9.64 Å². The number of amides is 1. The van der Waals surface area contributed by atoms with E-state index in [9.17, 15) is 14.4 Å². The summed E-state index contributed by atoms with van der Waals surface area (Å²) in [6, 6.07) is 18.5. The minimum Gasteiger partial charge on any atom is -0.465 e. The van der Waals surface area contributed by atoms with E-state index in [1.165, 1.54) is 18.1 Å². The van der Waals surface area contributed by atoms with Crippen LogP contribution in [0.25, 0.3) is 10.8 Å². The topological polar surface area (TPSA) is 63.7 Å². The van der Waals surface area contributed by atoms with Gasteiger partial charge in [0.15, 0.2) is 0 Å². The summed E-state index contributed by atoms with van der Waals surface area (Å²) in [7, 11) is 1.27. The molecule has 0 saturated carbocycles. The number of benzene rings is 3. The van der Waals surface area contributed by atoms with Crippen LogP contribution in [-0.4, -0.2) is 24.8 Å². The lowest BCUT2D eigenvalue weighted by atomic mass is 10.1. The van der Waals surface area contributed by atoms with Crippen LogP contribution in [-0.2, 0) is 16.1 Å². The lowest BCUT2D eigenvalue weighted by Gasteiger charge is -2.17. The van der Waals surface area contributed by atoms with E-state index >= 15 is 0 Å². The highest BCUT2D eigenvalue weighted by Crippen LogP contribution is 2.31. The summed E-state index contributed by atoms with van der Waals surface area (Å²) in [5.41, 5.74) is 1.93. The van der Waals surface area contributed by atoms with Gasteiger partial charge in [-0.15, -0.1) is 0 Å². The van der Waals surface area contributed by atoms with Crippen LogP contribution in [0.3, 0.4) is 0 Å². The Labute approximate surface area is 149 Å². The average molecular weight is 345 g/mol. The first-order valence-electron chi connectivity index (χ1n) is 8.15. The van der Waals surface area contributed by atoms with Crippen molar-refractivity contribution in [3.8, 4) is 0 Å². The highest BCUT2D eigenvalue weighted by molar-refractivity contribution is 6.52. The van der Waals surface area contributed by atoms with Gasteiger partial charge in [-0.2, -0.15) is 0 Å². The Balaban J connectivity index is 1.70. The van der Waals surface area contributed by atoms with E-state index in [4.69, 9.17) is 0 Å². The number of anilines is 1. The van der Waals surface area contributed by atoms with Gasteiger partial charge in [0.05, 0.1) is 30.5 Å². The largest absolute Gasteiger partial charge is 0.465 e. The van der Waals surface area contributed by atoms with Crippen LogP contribution < -0.4 is 4.90 Å². The van der Waals surface area contributed by atoms with Gasteiger partial charge in [-0.1, -0.05) is 36.4 Å². The molecule has 1 aliphatic rings. The zero-order valence-electron chi connectivity index (χ0n) is 14.1. The van der Waals surface area contributed by atoms with Crippen LogP contribution >= 0.6 is 0 Å². The molecule has 128 valence electrons. The minimum atomic E-state index is -0.605. The van der Waals surface area contributed by atoms with E-state index in [0.29, 0.717) is 12.2 Å². The molecule has 1 aliphatic heterocycles. The molecule has 0 N–H and O–H groups in total. The molecule has 0 atom stereocenters. The maximum Gasteiger partial charge on any atom is 0.337 e. The van der Waals surface area contributed by atoms with Crippen molar-refractivity contribution in [2.45, 2.75) is 6.54 Å². The van der Waals surface area contributed by atoms with Gasteiger partial charge in [-0.3, -0.25) is 9.59 Å². The van der Waals surface area contributed by atoms with Crippen molar-refractivity contribution < 1.29 is 19.1 Å². The number of methoxy groups -OCH3 is 1. The molecule has 1 amide bonds. The van der Waals surface area contributed by atoms with Crippen molar-refractivity contribution in [3.63, 3.8) is 0 Å². The van der Waals surface area contributed by atoms with E-state index < -0.39 is 17.7 Å². The molecule has 26 heavy (non-hydrogen) atoms. The molecule has 5 heteroatoms. The molecule has 0 radical (unpaired) electrons. The van der Waals surface area contributed by atoms with E-state index in [1.807, 2.05) is 42.5 Å². The average Bonchev–Trinajstić information content (AvgIpc) is 2.91. The number of fused-ring (bicyclic) bond motifs is 2. The summed E-state index contributed by atoms with van der Waals surface area (Å²) in [4.78, 5) is 37.9. The Morgan fingerprint density at radius 1 is 0.962 bits per heavy atom. The number of hydrogen-bond donors (Lipinski definition) is 0. The van der Waals surface area contributed by atoms with Gasteiger partial charge in [-0.05, 0) is 40.6 Å². The first-order valence-corrected chi connectivity index (χ1v) is 8.15. The highest BCUT2D eigenvalue weighted by atomic mass is 16.5. The normalized spacial score (nSPS) is 13.2. The summed E-state index contributed by atoms with van der Waals surface area (Å²) in [5, 5.41) is 2.19. The van der Waals surface area contributed by atoms with Crippen molar-refractivity contribution in [2.24, 2.45) is 0 Å². The van der Waals surface area contributed by atoms with Gasteiger partial charge in [0.2, 0.25) is 0 Å². The lowest BCUT2D eigenvalue weighted by Crippen LogP contribution is -2.29. The Hall–Kier alpha value is -3.47. The fourth-order valence-corrected chi connectivity index (χ4v) is 3.22. The van der Waals surface area contributed by atoms with Gasteiger partial charge in [0.25, 0.3) is 11.7 Å². The third kappa shape index (κ3) is 2.54. The van der Waals surface area contributed by atoms with Crippen molar-refractivity contribution >= 4 is 34.1 Å². The van der Waals surface area contributed by atoms with Gasteiger partial charge in [0, 0.05) is 0 Å². The molecule has 3 aromatic rings. The highest BCUT2D eigenvalue weighted by Gasteiger charge is 2.36. The number of carbonyl (C=O) groups excluding carboxylic acids is 3. The molecular formula is C21H15NO4. The van der Waals surface area contributed by atoms with E-state index in [2.05, 4.69) is 4.74 Å². The molecule has 0 bridgehead atoms. The second-order valence-electron chi connectivity index (χ2n) is 6.13. The van der Waals surface area contributed by atoms with E-state index in [-0.39, 0.29) is 11.1 Å². The number of ketones is 1. The van der Waals surface area contributed by atoms with Crippen LogP contribution in [0.5, 0.6) is 0 Å². The fraction of sp³-hybridized carbons (Fsp3) is 0.0952. The van der Waals surface area contributed by atoms with Crippen molar-refractivity contribution in [1.82, 2.24) is 0 Å². The Morgan fingerprint density at radius 3 is 2.50 bits per heavy atom. The smallest absolute Gasteiger partial charge is 0.337 e. The summed E-state index contributed by atoms with van der Waals surface area (Å²) >= 11 is 0. The molecule has 3 aromatic carbocycles. The summed E-state index contributed by atoms with van der Waals surface area (Å²) in [6.45, 7) is 0.292. The Kier molecular flexibility index (Phi) is 3.77. The molecule has 0 unspecified atom stereocenters. The zero-order chi connectivity index (χ0) is 18.3. The van der Waals surface area contributed by atoms with Gasteiger partial charge >= 0.3 is 5.97 Å². The fourth-order valence-electron chi connectivity index (χ4n) is 3.22. The van der Waals surface area contributed by atoms with Crippen molar-refractivity contribution in [2.75, 3.05) is 12.0 Å². The van der Waals surface area contributed by atoms with Crippen molar-refractivity contribution in [3.05, 3.63) is 77.4 Å². The molecule has 0 spiro atoms. The van der Waals surface area contributed by atoms with E-state index in [1.54, 1.807) is 12.1 Å². The number of Topliss-reactive ketones (excluding diaryl/α,β-unsaturated/α-hetero) is 1. The number of rotatable bonds is 3. The summed E-state index contributed by atoms with van der Waals surface area (Å²) < 4.78 is 4.67. The molecule has 4 rings (SSSR count). The first kappa shape index (κ1) is 16.0. The number of nitrogens with zero attached hydrogens (tertiary/aromatic N) is 1. The zero-order valence-corrected chi connectivity index (χ0v) is 14.1. The number of ether oxygens (including phenoxy) is 1. The number of hydrogen-bond acceptors (Lipinski definition) is 4. The molecule has 0 aromatic heterocycles. The maximum absolute atomic E-state index is 12.4. The third-order valence-corrected chi connectivity index (χ3v) is 4.55. The number of esters is 1. The van der Waals surface area contributed by atoms with Gasteiger partial charge in [0.1, 0.15) is 0 Å². The Morgan fingerprint density at radius 2 is 1.73 bits per heavy atom. The Bertz CT molecular complexity index is 1070. The van der Waals surface area contributed by atoms with Crippen LogP contribution in [0, 0.1) is 0 Å². The second kappa shape index (κ2) is 6.11. The first-order chi connectivity index (χ1) is 12.6. The standard InChI is InChI=1S/C21H15NO4/c1-26-21(25)16-8-9-18-17(11-16)19(23)20(24)22(18)12-13-6-7-14-4-2-3-5-15(14)10-13/h2-11H,12H2,1H3. The van der Waals surface area contributed by atoms with E-state index in [0.717, 1.165) is 16.3 Å². The SMILES string of the molecule is COC(=O)c1ccc2c(c1)C(=O)C(=O)N2Cc1ccc2ccccc2c1. The maximum atomic E-state index is 12.4. The monoisotopic (exact) mass is 345 g/mol. The molecule has 5 nitrogen and oxygen atoms in total. The van der Waals surface area contributed by atoms with Crippen LogP contribution in [0.2, 0.25) is 0 Å². The minimum absolute atomic E-state index is 0.235. The molecule has 1 heterocycles. The molecule has 0 saturated heterocycles. The predicted octanol–water partition coefficient (Wildman–Crippen LogP) is 3.36. The lowest BCUT2D eigenvalue weighted by molar-refractivity contribution is -0.114. The van der Waals surface area contributed by atoms with Gasteiger partial charge in [-0.25, -0.2) is 4.79 Å². The summed E-state index contributed by atoms with van der Waals surface area (Å²) in [6.07, 6.45) is 0. The van der Waals surface area contributed by atoms with Crippen LogP contribution in [0.1, 0.15) is 26.3 Å². The molecule has 0 fully saturated rings.